The van der Waals surface area contributed by atoms with Gasteiger partial charge in [0.2, 0.25) is 0 Å². The number of ketones is 2. The number of Topliss-reactive ketones (excluding diaryl/α,β-unsaturated/α-hetero) is 2. The molecular formula is C20H14F8O2S2. The zero-order chi connectivity index (χ0) is 24.6. The second kappa shape index (κ2) is 7.21. The van der Waals surface area contributed by atoms with Gasteiger partial charge in [0.25, 0.3) is 0 Å². The van der Waals surface area contributed by atoms with Crippen molar-refractivity contribution in [1.29, 1.82) is 0 Å². The number of halogens is 8. The van der Waals surface area contributed by atoms with Crippen molar-refractivity contribution in [1.82, 2.24) is 0 Å². The van der Waals surface area contributed by atoms with Crippen molar-refractivity contribution >= 4 is 45.4 Å². The fraction of sp³-hybridized carbons (Fsp3) is 0.400. The topological polar surface area (TPSA) is 34.1 Å². The number of hydrogen-bond donors (Lipinski definition) is 0. The summed E-state index contributed by atoms with van der Waals surface area (Å²) in [5.41, 5.74) is -4.42. The molecule has 0 amide bonds. The Balaban J connectivity index is 2.57. The monoisotopic (exact) mass is 502 g/mol. The van der Waals surface area contributed by atoms with Gasteiger partial charge in [-0.1, -0.05) is 0 Å². The van der Waals surface area contributed by atoms with Crippen LogP contribution in [0.5, 0.6) is 0 Å². The second-order valence-electron chi connectivity index (χ2n) is 7.41. The Morgan fingerprint density at radius 2 is 0.938 bits per heavy atom. The number of rotatable bonds is 4. The largest absolute Gasteiger partial charge is 0.383 e. The number of carbonyl (C=O) groups is 2. The van der Waals surface area contributed by atoms with Crippen LogP contribution in [-0.2, 0) is 0 Å². The highest BCUT2D eigenvalue weighted by molar-refractivity contribution is 7.16. The average molecular weight is 502 g/mol. The van der Waals surface area contributed by atoms with E-state index in [4.69, 9.17) is 0 Å². The molecule has 0 radical (unpaired) electrons. The molecule has 2 aromatic heterocycles. The first-order valence-electron chi connectivity index (χ1n) is 8.89. The van der Waals surface area contributed by atoms with E-state index in [1.807, 2.05) is 0 Å². The summed E-state index contributed by atoms with van der Waals surface area (Å²) in [7, 11) is 0. The molecular weight excluding hydrogens is 488 g/mol. The molecule has 0 aromatic carbocycles. The van der Waals surface area contributed by atoms with Crippen LogP contribution in [0.15, 0.2) is 12.1 Å². The molecule has 0 fully saturated rings. The zero-order valence-electron chi connectivity index (χ0n) is 16.8. The lowest BCUT2D eigenvalue weighted by Crippen LogP contribution is -2.66. The highest BCUT2D eigenvalue weighted by Gasteiger charge is 2.86. The summed E-state index contributed by atoms with van der Waals surface area (Å²) in [6.07, 6.45) is 0. The number of carbonyl (C=O) groups excluding carboxylic acids is 2. The molecule has 0 spiro atoms. The van der Waals surface area contributed by atoms with Crippen LogP contribution in [-0.4, -0.2) is 35.3 Å². The summed E-state index contributed by atoms with van der Waals surface area (Å²) >= 11 is 0.468. The van der Waals surface area contributed by atoms with Crippen molar-refractivity contribution in [2.75, 3.05) is 0 Å². The SMILES string of the molecule is CC(=O)c1cc(C)c(C2=C(c3sc(C(C)=O)cc3C)C(F)(F)C(F)(F)C(F)(F)C2(F)F)s1. The molecule has 2 aromatic rings. The Morgan fingerprint density at radius 3 is 1.16 bits per heavy atom. The molecule has 1 aliphatic carbocycles. The van der Waals surface area contributed by atoms with E-state index in [0.717, 1.165) is 39.8 Å². The van der Waals surface area contributed by atoms with Gasteiger partial charge >= 0.3 is 23.7 Å². The maximum atomic E-state index is 15.0. The molecule has 0 saturated heterocycles. The van der Waals surface area contributed by atoms with Crippen LogP contribution < -0.4 is 0 Å². The molecule has 3 rings (SSSR count). The van der Waals surface area contributed by atoms with Crippen molar-refractivity contribution in [2.24, 2.45) is 0 Å². The summed E-state index contributed by atoms with van der Waals surface area (Å²) in [4.78, 5) is 21.2. The van der Waals surface area contributed by atoms with Gasteiger partial charge in [-0.2, -0.15) is 35.1 Å². The maximum absolute atomic E-state index is 15.0. The molecule has 2 heterocycles. The van der Waals surface area contributed by atoms with E-state index in [1.54, 1.807) is 0 Å². The lowest BCUT2D eigenvalue weighted by atomic mass is 9.77. The van der Waals surface area contributed by atoms with E-state index in [1.165, 1.54) is 0 Å². The summed E-state index contributed by atoms with van der Waals surface area (Å²) < 4.78 is 117. The fourth-order valence-corrected chi connectivity index (χ4v) is 5.65. The van der Waals surface area contributed by atoms with E-state index in [0.29, 0.717) is 0 Å². The van der Waals surface area contributed by atoms with Crippen molar-refractivity contribution < 1.29 is 44.7 Å². The molecule has 0 N–H and O–H groups in total. The maximum Gasteiger partial charge on any atom is 0.383 e. The van der Waals surface area contributed by atoms with Crippen LogP contribution in [0.3, 0.4) is 0 Å². The summed E-state index contributed by atoms with van der Waals surface area (Å²) in [5.74, 6) is -25.6. The second-order valence-corrected chi connectivity index (χ2v) is 9.51. The normalized spacial score (nSPS) is 21.0. The van der Waals surface area contributed by atoms with Crippen molar-refractivity contribution in [3.05, 3.63) is 42.8 Å². The molecule has 0 saturated carbocycles. The van der Waals surface area contributed by atoms with Crippen LogP contribution in [0, 0.1) is 13.8 Å². The van der Waals surface area contributed by atoms with Gasteiger partial charge in [-0.15, -0.1) is 22.7 Å². The molecule has 174 valence electrons. The highest BCUT2D eigenvalue weighted by atomic mass is 32.1. The Morgan fingerprint density at radius 1 is 0.656 bits per heavy atom. The standard InChI is InChI=1S/C20H14F8O2S2/c1-7-5-11(9(3)29)31-15(7)13-14(16-8(2)6-12(32-16)10(4)30)18(23,24)20(27,28)19(25,26)17(13,21)22/h5-6H,1-4H3. The average Bonchev–Trinajstić information content (AvgIpc) is 3.21. The molecule has 32 heavy (non-hydrogen) atoms. The van der Waals surface area contributed by atoms with E-state index < -0.39 is 56.2 Å². The van der Waals surface area contributed by atoms with Gasteiger partial charge in [0.05, 0.1) is 20.9 Å². The number of aryl methyl sites for hydroxylation is 2. The third kappa shape index (κ3) is 3.09. The Hall–Kier alpha value is -2.08. The summed E-state index contributed by atoms with van der Waals surface area (Å²) in [6.45, 7) is 4.32. The molecule has 2 nitrogen and oxygen atoms in total. The van der Waals surface area contributed by atoms with Crippen LogP contribution in [0.25, 0.3) is 11.1 Å². The van der Waals surface area contributed by atoms with Gasteiger partial charge < -0.3 is 0 Å². The van der Waals surface area contributed by atoms with Crippen molar-refractivity contribution in [2.45, 2.75) is 51.4 Å². The molecule has 12 heteroatoms. The van der Waals surface area contributed by atoms with Gasteiger partial charge in [0.1, 0.15) is 0 Å². The van der Waals surface area contributed by atoms with Gasteiger partial charge in [0, 0.05) is 9.75 Å². The number of alkyl halides is 8. The predicted octanol–water partition coefficient (Wildman–Crippen LogP) is 7.30. The molecule has 0 atom stereocenters. The third-order valence-electron chi connectivity index (χ3n) is 5.04. The number of hydrogen-bond acceptors (Lipinski definition) is 4. The highest BCUT2D eigenvalue weighted by Crippen LogP contribution is 2.67. The molecule has 0 unspecified atom stereocenters. The molecule has 0 aliphatic heterocycles. The van der Waals surface area contributed by atoms with Gasteiger partial charge in [0.15, 0.2) is 11.6 Å². The van der Waals surface area contributed by atoms with E-state index >= 15 is 17.6 Å². The summed E-state index contributed by atoms with van der Waals surface area (Å²) in [6, 6.07) is 2.07. The minimum Gasteiger partial charge on any atom is -0.294 e. The molecule has 0 bridgehead atoms. The third-order valence-corrected chi connectivity index (χ3v) is 7.76. The number of thiophene rings is 2. The van der Waals surface area contributed by atoms with Crippen LogP contribution in [0.1, 0.15) is 54.1 Å². The lowest BCUT2D eigenvalue weighted by molar-refractivity contribution is -0.344. The predicted molar refractivity (Wildman–Crippen MR) is 105 cm³/mol. The molecule has 1 aliphatic rings. The first kappa shape index (κ1) is 24.6. The van der Waals surface area contributed by atoms with E-state index in [9.17, 15) is 27.2 Å². The zero-order valence-corrected chi connectivity index (χ0v) is 18.4. The van der Waals surface area contributed by atoms with Crippen LogP contribution in [0.4, 0.5) is 35.1 Å². The minimum atomic E-state index is -6.44. The minimum absolute atomic E-state index is 0.198. The van der Waals surface area contributed by atoms with Crippen molar-refractivity contribution in [3.8, 4) is 0 Å². The lowest BCUT2D eigenvalue weighted by Gasteiger charge is -2.44. The van der Waals surface area contributed by atoms with E-state index in [2.05, 4.69) is 0 Å². The fourth-order valence-electron chi connectivity index (χ4n) is 3.34. The van der Waals surface area contributed by atoms with Gasteiger partial charge in [-0.3, -0.25) is 9.59 Å². The smallest absolute Gasteiger partial charge is 0.294 e. The van der Waals surface area contributed by atoms with Crippen LogP contribution >= 0.6 is 22.7 Å². The number of allylic oxidation sites excluding steroid dienone is 2. The first-order valence-corrected chi connectivity index (χ1v) is 10.5. The van der Waals surface area contributed by atoms with Gasteiger partial charge in [-0.25, -0.2) is 0 Å². The first-order chi connectivity index (χ1) is 14.4. The quantitative estimate of drug-likeness (QED) is 0.325. The van der Waals surface area contributed by atoms with Gasteiger partial charge in [-0.05, 0) is 51.0 Å². The Labute approximate surface area is 184 Å². The van der Waals surface area contributed by atoms with Crippen LogP contribution in [0.2, 0.25) is 0 Å². The van der Waals surface area contributed by atoms with Crippen molar-refractivity contribution in [3.63, 3.8) is 0 Å². The summed E-state index contributed by atoms with van der Waals surface area (Å²) in [5, 5.41) is 0. The van der Waals surface area contributed by atoms with E-state index in [-0.39, 0.29) is 43.6 Å². The Bertz CT molecular complexity index is 1080. The Kier molecular flexibility index (Phi) is 5.53.